The van der Waals surface area contributed by atoms with Crippen LogP contribution in [0.2, 0.25) is 0 Å². The number of rotatable bonds is 7. The van der Waals surface area contributed by atoms with Crippen molar-refractivity contribution in [2.45, 2.75) is 62.7 Å². The number of nitrogens with zero attached hydrogens (tertiary/aromatic N) is 7. The molecule has 4 aliphatic rings. The van der Waals surface area contributed by atoms with Crippen molar-refractivity contribution in [3.8, 4) is 12.1 Å². The predicted octanol–water partition coefficient (Wildman–Crippen LogP) is 4.31. The first kappa shape index (κ1) is 27.7. The van der Waals surface area contributed by atoms with Crippen LogP contribution in [0.25, 0.3) is 10.8 Å². The third-order valence-corrected chi connectivity index (χ3v) is 9.96. The summed E-state index contributed by atoms with van der Waals surface area (Å²) in [6.07, 6.45) is 7.01. The predicted molar refractivity (Wildman–Crippen MR) is 167 cm³/mol. The van der Waals surface area contributed by atoms with Gasteiger partial charge in [-0.05, 0) is 56.8 Å². The van der Waals surface area contributed by atoms with Gasteiger partial charge in [-0.2, -0.15) is 15.2 Å². The van der Waals surface area contributed by atoms with Gasteiger partial charge in [-0.1, -0.05) is 43.0 Å². The lowest BCUT2D eigenvalue weighted by Gasteiger charge is -2.44. The lowest BCUT2D eigenvalue weighted by Crippen LogP contribution is -2.55. The molecule has 0 unspecified atom stereocenters. The van der Waals surface area contributed by atoms with Crippen LogP contribution < -0.4 is 14.5 Å². The Hall–Kier alpha value is -4.16. The maximum atomic E-state index is 12.6. The summed E-state index contributed by atoms with van der Waals surface area (Å²) >= 11 is 0. The Morgan fingerprint density at radius 1 is 1.14 bits per heavy atom. The lowest BCUT2D eigenvalue weighted by molar-refractivity contribution is -0.128. The van der Waals surface area contributed by atoms with Gasteiger partial charge in [-0.15, -0.1) is 0 Å². The van der Waals surface area contributed by atoms with Crippen molar-refractivity contribution in [3.05, 3.63) is 66.4 Å². The number of ether oxygens (including phenoxy) is 1. The van der Waals surface area contributed by atoms with Crippen molar-refractivity contribution in [1.29, 1.82) is 5.26 Å². The molecule has 2 atom stereocenters. The molecular weight excluding hydrogens is 538 g/mol. The van der Waals surface area contributed by atoms with Gasteiger partial charge in [0, 0.05) is 54.3 Å². The Balaban J connectivity index is 1.26. The molecular formula is C34H39N7O2. The zero-order valence-electron chi connectivity index (χ0n) is 24.9. The maximum Gasteiger partial charge on any atom is 0.318 e. The molecule has 9 nitrogen and oxygen atoms in total. The highest BCUT2D eigenvalue weighted by Gasteiger charge is 2.52. The number of likely N-dealkylation sites (N-methyl/N-ethyl adjacent to an activating group) is 1. The van der Waals surface area contributed by atoms with Gasteiger partial charge in [-0.3, -0.25) is 4.79 Å². The van der Waals surface area contributed by atoms with E-state index in [2.05, 4.69) is 76.9 Å². The Bertz CT molecular complexity index is 1590. The smallest absolute Gasteiger partial charge is 0.318 e. The van der Waals surface area contributed by atoms with Crippen molar-refractivity contribution in [2.75, 3.05) is 49.6 Å². The number of nitriles is 1. The fourth-order valence-corrected chi connectivity index (χ4v) is 7.35. The number of likely N-dealkylation sites (tertiary alicyclic amines) is 1. The Morgan fingerprint density at radius 3 is 2.74 bits per heavy atom. The van der Waals surface area contributed by atoms with Crippen LogP contribution in [0.5, 0.6) is 6.01 Å². The minimum atomic E-state index is -0.225. The van der Waals surface area contributed by atoms with E-state index in [4.69, 9.17) is 14.7 Å². The molecule has 43 heavy (non-hydrogen) atoms. The Morgan fingerprint density at radius 2 is 1.98 bits per heavy atom. The largest absolute Gasteiger partial charge is 0.462 e. The summed E-state index contributed by atoms with van der Waals surface area (Å²) in [5.41, 5.74) is 3.48. The molecule has 1 aromatic heterocycles. The van der Waals surface area contributed by atoms with E-state index in [1.54, 1.807) is 4.90 Å². The summed E-state index contributed by atoms with van der Waals surface area (Å²) in [7, 11) is 2.15. The van der Waals surface area contributed by atoms with Crippen LogP contribution in [0, 0.1) is 11.3 Å². The fraction of sp³-hybridized carbons (Fsp3) is 0.471. The maximum absolute atomic E-state index is 12.6. The Labute approximate surface area is 253 Å². The van der Waals surface area contributed by atoms with Crippen molar-refractivity contribution in [2.24, 2.45) is 0 Å². The molecule has 1 aliphatic carbocycles. The van der Waals surface area contributed by atoms with E-state index in [-0.39, 0.29) is 23.9 Å². The van der Waals surface area contributed by atoms with Gasteiger partial charge in [0.2, 0.25) is 5.91 Å². The normalized spacial score (nSPS) is 22.8. The number of amides is 1. The van der Waals surface area contributed by atoms with E-state index in [0.717, 1.165) is 43.7 Å². The van der Waals surface area contributed by atoms with Gasteiger partial charge in [0.05, 0.1) is 30.8 Å². The van der Waals surface area contributed by atoms with Crippen LogP contribution >= 0.6 is 0 Å². The number of hydrogen-bond acceptors (Lipinski definition) is 8. The van der Waals surface area contributed by atoms with Gasteiger partial charge in [0.25, 0.3) is 0 Å². The van der Waals surface area contributed by atoms with Crippen molar-refractivity contribution >= 4 is 28.2 Å². The number of fused-ring (bicyclic) bond motifs is 2. The summed E-state index contributed by atoms with van der Waals surface area (Å²) in [5.74, 6) is 0.772. The molecule has 0 radical (unpaired) electrons. The number of aromatic nitrogens is 2. The third kappa shape index (κ3) is 5.08. The van der Waals surface area contributed by atoms with Crippen molar-refractivity contribution in [1.82, 2.24) is 19.8 Å². The van der Waals surface area contributed by atoms with Gasteiger partial charge >= 0.3 is 6.01 Å². The molecule has 3 fully saturated rings. The van der Waals surface area contributed by atoms with Crippen LogP contribution in [-0.2, 0) is 17.8 Å². The summed E-state index contributed by atoms with van der Waals surface area (Å²) in [4.78, 5) is 31.7. The van der Waals surface area contributed by atoms with Gasteiger partial charge < -0.3 is 24.3 Å². The molecule has 0 N–H and O–H groups in total. The number of carbonyl (C=O) groups is 1. The van der Waals surface area contributed by atoms with Crippen LogP contribution in [-0.4, -0.2) is 83.1 Å². The minimum Gasteiger partial charge on any atom is -0.462 e. The van der Waals surface area contributed by atoms with Crippen molar-refractivity contribution < 1.29 is 9.53 Å². The Kier molecular flexibility index (Phi) is 7.18. The average molecular weight is 578 g/mol. The second-order valence-electron chi connectivity index (χ2n) is 12.5. The lowest BCUT2D eigenvalue weighted by atomic mass is 9.93. The highest BCUT2D eigenvalue weighted by atomic mass is 16.5. The van der Waals surface area contributed by atoms with E-state index in [9.17, 15) is 10.1 Å². The molecule has 4 heterocycles. The van der Waals surface area contributed by atoms with Crippen LogP contribution in [0.1, 0.15) is 43.4 Å². The SMILES string of the molecule is C=CC(=O)N1CCN(c2nc(OC[C@@H]3CCCN3C)nc3c2CC2(CC2)N(c2cccc4ccccc24)C3)C[C@@H]1CC#N. The first-order valence-corrected chi connectivity index (χ1v) is 15.5. The minimum absolute atomic E-state index is 0.0385. The molecule has 3 aromatic rings. The number of carbonyl (C=O) groups excluding carboxylic acids is 1. The second kappa shape index (κ2) is 11.2. The molecule has 1 amide bonds. The standard InChI is InChI=1S/C34H39N7O2/c1-3-31(42)40-19-18-39(21-25(40)13-16-35)32-28-20-34(14-15-34)41(30-12-6-9-24-8-4-5-11-27(24)30)22-29(28)36-33(37-32)43-23-26-10-7-17-38(26)2/h3-6,8-9,11-12,25-26H,1,7,10,13-15,17-23H2,2H3/t25-,26-/m0/s1. The molecule has 9 heteroatoms. The second-order valence-corrected chi connectivity index (χ2v) is 12.5. The van der Waals surface area contributed by atoms with E-state index in [1.165, 1.54) is 34.5 Å². The quantitative estimate of drug-likeness (QED) is 0.384. The summed E-state index contributed by atoms with van der Waals surface area (Å²) < 4.78 is 6.35. The van der Waals surface area contributed by atoms with Crippen LogP contribution in [0.4, 0.5) is 11.5 Å². The van der Waals surface area contributed by atoms with Crippen molar-refractivity contribution in [3.63, 3.8) is 0 Å². The van der Waals surface area contributed by atoms with Gasteiger partial charge in [-0.25, -0.2) is 0 Å². The zero-order valence-corrected chi connectivity index (χ0v) is 24.9. The molecule has 222 valence electrons. The monoisotopic (exact) mass is 577 g/mol. The summed E-state index contributed by atoms with van der Waals surface area (Å²) in [5, 5.41) is 12.1. The number of benzene rings is 2. The van der Waals surface area contributed by atoms with Crippen LogP contribution in [0.15, 0.2) is 55.1 Å². The topological polar surface area (TPSA) is 88.8 Å². The first-order chi connectivity index (χ1) is 21.0. The molecule has 2 saturated heterocycles. The highest BCUT2D eigenvalue weighted by Crippen LogP contribution is 2.52. The fourth-order valence-electron chi connectivity index (χ4n) is 7.35. The molecule has 2 aromatic carbocycles. The molecule has 7 rings (SSSR count). The number of piperazine rings is 1. The summed E-state index contributed by atoms with van der Waals surface area (Å²) in [6.45, 7) is 7.71. The first-order valence-electron chi connectivity index (χ1n) is 15.5. The average Bonchev–Trinajstić information content (AvgIpc) is 3.68. The van der Waals surface area contributed by atoms with Gasteiger partial charge in [0.15, 0.2) is 0 Å². The van der Waals surface area contributed by atoms with Gasteiger partial charge in [0.1, 0.15) is 12.4 Å². The highest BCUT2D eigenvalue weighted by molar-refractivity contribution is 5.95. The van der Waals surface area contributed by atoms with E-state index < -0.39 is 0 Å². The molecule has 3 aliphatic heterocycles. The number of hydrogen-bond donors (Lipinski definition) is 0. The summed E-state index contributed by atoms with van der Waals surface area (Å²) in [6, 6.07) is 18.0. The van der Waals surface area contributed by atoms with E-state index in [1.807, 2.05) is 0 Å². The molecule has 1 spiro atoms. The third-order valence-electron chi connectivity index (χ3n) is 9.96. The molecule has 1 saturated carbocycles. The van der Waals surface area contributed by atoms with E-state index in [0.29, 0.717) is 44.8 Å². The van der Waals surface area contributed by atoms with Crippen LogP contribution in [0.3, 0.4) is 0 Å². The number of anilines is 2. The molecule has 0 bridgehead atoms. The zero-order chi connectivity index (χ0) is 29.6. The van der Waals surface area contributed by atoms with E-state index >= 15 is 0 Å².